The second-order valence-corrected chi connectivity index (χ2v) is 8.01. The van der Waals surface area contributed by atoms with E-state index in [1.54, 1.807) is 6.92 Å². The van der Waals surface area contributed by atoms with Gasteiger partial charge < -0.3 is 16.0 Å². The zero-order valence-electron chi connectivity index (χ0n) is 17.2. The monoisotopic (exact) mass is 437 g/mol. The molecule has 0 unspecified atom stereocenters. The van der Waals surface area contributed by atoms with Gasteiger partial charge >= 0.3 is 0 Å². The summed E-state index contributed by atoms with van der Waals surface area (Å²) in [5.74, 6) is -0.203. The van der Waals surface area contributed by atoms with Crippen LogP contribution in [0.2, 0.25) is 0 Å². The van der Waals surface area contributed by atoms with Crippen LogP contribution in [0.25, 0.3) is 0 Å². The number of nitrogens with two attached hydrogens (primary N) is 1. The smallest absolute Gasteiger partial charge is 0.250 e. The summed E-state index contributed by atoms with van der Waals surface area (Å²) in [6, 6.07) is 6.03. The fourth-order valence-corrected chi connectivity index (χ4v) is 3.67. The van der Waals surface area contributed by atoms with Gasteiger partial charge in [-0.2, -0.15) is 0 Å². The molecule has 3 N–H and O–H groups in total. The molecule has 0 heterocycles. The molecule has 1 rings (SSSR count). The first-order chi connectivity index (χ1) is 13.0. The van der Waals surface area contributed by atoms with Gasteiger partial charge in [0.05, 0.1) is 5.69 Å². The van der Waals surface area contributed by atoms with Gasteiger partial charge in [-0.25, -0.2) is 0 Å². The lowest BCUT2D eigenvalue weighted by Gasteiger charge is -2.26. The van der Waals surface area contributed by atoms with Crippen LogP contribution in [0.1, 0.15) is 72.1 Å². The maximum atomic E-state index is 11.9. The number of amides is 1. The predicted octanol–water partition coefficient (Wildman–Crippen LogP) is 6.22. The van der Waals surface area contributed by atoms with E-state index < -0.39 is 0 Å². The lowest BCUT2D eigenvalue weighted by molar-refractivity contribution is -0.111. The number of anilines is 2. The lowest BCUT2D eigenvalue weighted by Crippen LogP contribution is -2.26. The zero-order chi connectivity index (χ0) is 20.1. The number of hydrogen-bond donors (Lipinski definition) is 2. The van der Waals surface area contributed by atoms with Gasteiger partial charge in [0, 0.05) is 35.0 Å². The average molecular weight is 438 g/mol. The van der Waals surface area contributed by atoms with E-state index in [9.17, 15) is 4.79 Å². The van der Waals surface area contributed by atoms with Crippen molar-refractivity contribution < 1.29 is 4.79 Å². The molecule has 0 radical (unpaired) electrons. The Morgan fingerprint density at radius 2 is 1.67 bits per heavy atom. The van der Waals surface area contributed by atoms with Crippen LogP contribution in [0.15, 0.2) is 34.4 Å². The van der Waals surface area contributed by atoms with Gasteiger partial charge in [0.1, 0.15) is 0 Å². The standard InChI is InChI=1S/C22H36BrN3O/c1-4-6-8-10-14-26(15-11-9-7-5-2)21-13-12-19(17-20(21)23)25-22(27)16-18(3)24/h12-13,16-17H,4-11,14-15,24H2,1-3H3,(H,25,27)/b18-16+. The third-order valence-electron chi connectivity index (χ3n) is 4.48. The van der Waals surface area contributed by atoms with E-state index in [-0.39, 0.29) is 5.91 Å². The number of benzene rings is 1. The highest BCUT2D eigenvalue weighted by atomic mass is 79.9. The second kappa shape index (κ2) is 13.6. The third-order valence-corrected chi connectivity index (χ3v) is 5.11. The molecular formula is C22H36BrN3O. The Kier molecular flexibility index (Phi) is 11.9. The fourth-order valence-electron chi connectivity index (χ4n) is 3.04. The Bertz CT molecular complexity index is 585. The third kappa shape index (κ3) is 9.85. The SMILES string of the molecule is CCCCCCN(CCCCCC)c1ccc(NC(=O)/C=C(\C)N)cc1Br. The van der Waals surface area contributed by atoms with Gasteiger partial charge in [0.15, 0.2) is 0 Å². The van der Waals surface area contributed by atoms with E-state index in [2.05, 4.69) is 46.1 Å². The maximum Gasteiger partial charge on any atom is 0.250 e. The van der Waals surface area contributed by atoms with Crippen molar-refractivity contribution in [2.24, 2.45) is 5.73 Å². The molecule has 0 aliphatic carbocycles. The molecule has 0 spiro atoms. The summed E-state index contributed by atoms with van der Waals surface area (Å²) < 4.78 is 1.01. The van der Waals surface area contributed by atoms with E-state index in [4.69, 9.17) is 5.73 Å². The average Bonchev–Trinajstić information content (AvgIpc) is 2.60. The lowest BCUT2D eigenvalue weighted by atomic mass is 10.1. The van der Waals surface area contributed by atoms with E-state index in [0.717, 1.165) is 23.2 Å². The highest BCUT2D eigenvalue weighted by molar-refractivity contribution is 9.10. The molecule has 0 aliphatic heterocycles. The van der Waals surface area contributed by atoms with Crippen LogP contribution in [0.3, 0.4) is 0 Å². The van der Waals surface area contributed by atoms with Crippen LogP contribution in [0, 0.1) is 0 Å². The number of allylic oxidation sites excluding steroid dienone is 1. The molecule has 1 aromatic carbocycles. The minimum atomic E-state index is -0.203. The van der Waals surface area contributed by atoms with E-state index in [1.807, 2.05) is 12.1 Å². The molecule has 0 atom stereocenters. The van der Waals surface area contributed by atoms with Crippen molar-refractivity contribution in [3.63, 3.8) is 0 Å². The zero-order valence-corrected chi connectivity index (χ0v) is 18.8. The quantitative estimate of drug-likeness (QED) is 0.284. The minimum Gasteiger partial charge on any atom is -0.402 e. The van der Waals surface area contributed by atoms with Crippen molar-refractivity contribution in [1.29, 1.82) is 0 Å². The first-order valence-electron chi connectivity index (χ1n) is 10.3. The van der Waals surface area contributed by atoms with Crippen LogP contribution in [-0.4, -0.2) is 19.0 Å². The molecule has 152 valence electrons. The van der Waals surface area contributed by atoms with Gasteiger partial charge in [0.25, 0.3) is 0 Å². The Hall–Kier alpha value is -1.49. The van der Waals surface area contributed by atoms with Gasteiger partial charge in [0.2, 0.25) is 5.91 Å². The number of carbonyl (C=O) groups excluding carboxylic acids is 1. The molecule has 0 bridgehead atoms. The maximum absolute atomic E-state index is 11.9. The van der Waals surface area contributed by atoms with Crippen LogP contribution in [-0.2, 0) is 4.79 Å². The number of carbonyl (C=O) groups is 1. The molecule has 1 aromatic rings. The Morgan fingerprint density at radius 1 is 1.07 bits per heavy atom. The Morgan fingerprint density at radius 3 is 2.15 bits per heavy atom. The summed E-state index contributed by atoms with van der Waals surface area (Å²) in [6.45, 7) is 8.34. The van der Waals surface area contributed by atoms with Crippen molar-refractivity contribution in [2.45, 2.75) is 72.1 Å². The largest absolute Gasteiger partial charge is 0.402 e. The molecule has 1 amide bonds. The highest BCUT2D eigenvalue weighted by Gasteiger charge is 2.11. The Balaban J connectivity index is 2.79. The first kappa shape index (κ1) is 23.5. The van der Waals surface area contributed by atoms with Gasteiger partial charge in [-0.05, 0) is 53.9 Å². The number of unbranched alkanes of at least 4 members (excludes halogenated alkanes) is 6. The molecule has 0 fully saturated rings. The summed E-state index contributed by atoms with van der Waals surface area (Å²) in [6.07, 6.45) is 11.5. The number of hydrogen-bond acceptors (Lipinski definition) is 3. The van der Waals surface area contributed by atoms with Crippen molar-refractivity contribution in [2.75, 3.05) is 23.3 Å². The fraction of sp³-hybridized carbons (Fsp3) is 0.591. The van der Waals surface area contributed by atoms with E-state index in [1.165, 1.54) is 63.1 Å². The van der Waals surface area contributed by atoms with Gasteiger partial charge in [-0.3, -0.25) is 4.79 Å². The van der Waals surface area contributed by atoms with Gasteiger partial charge in [-0.15, -0.1) is 0 Å². The number of nitrogens with one attached hydrogen (secondary N) is 1. The number of nitrogens with zero attached hydrogens (tertiary/aromatic N) is 1. The summed E-state index contributed by atoms with van der Waals surface area (Å²) in [7, 11) is 0. The Labute approximate surface area is 173 Å². The number of halogens is 1. The van der Waals surface area contributed by atoms with Crippen LogP contribution < -0.4 is 16.0 Å². The topological polar surface area (TPSA) is 58.4 Å². The molecule has 0 aliphatic rings. The summed E-state index contributed by atoms with van der Waals surface area (Å²) in [5, 5.41) is 2.86. The van der Waals surface area contributed by atoms with Crippen LogP contribution >= 0.6 is 15.9 Å². The van der Waals surface area contributed by atoms with Crippen molar-refractivity contribution in [1.82, 2.24) is 0 Å². The summed E-state index contributed by atoms with van der Waals surface area (Å²) >= 11 is 3.70. The molecule has 0 saturated carbocycles. The van der Waals surface area contributed by atoms with Gasteiger partial charge in [-0.1, -0.05) is 52.4 Å². The van der Waals surface area contributed by atoms with E-state index >= 15 is 0 Å². The minimum absolute atomic E-state index is 0.203. The van der Waals surface area contributed by atoms with E-state index in [0.29, 0.717) is 5.70 Å². The van der Waals surface area contributed by atoms with Crippen molar-refractivity contribution in [3.8, 4) is 0 Å². The molecular weight excluding hydrogens is 402 g/mol. The molecule has 4 nitrogen and oxygen atoms in total. The molecule has 0 saturated heterocycles. The summed E-state index contributed by atoms with van der Waals surface area (Å²) in [5.41, 5.74) is 8.02. The summed E-state index contributed by atoms with van der Waals surface area (Å²) in [4.78, 5) is 14.3. The van der Waals surface area contributed by atoms with Crippen molar-refractivity contribution >= 4 is 33.2 Å². The molecule has 0 aromatic heterocycles. The number of rotatable bonds is 13. The van der Waals surface area contributed by atoms with Crippen LogP contribution in [0.5, 0.6) is 0 Å². The highest BCUT2D eigenvalue weighted by Crippen LogP contribution is 2.30. The predicted molar refractivity (Wildman–Crippen MR) is 121 cm³/mol. The van der Waals surface area contributed by atoms with Crippen LogP contribution in [0.4, 0.5) is 11.4 Å². The normalized spacial score (nSPS) is 11.5. The van der Waals surface area contributed by atoms with Crippen molar-refractivity contribution in [3.05, 3.63) is 34.4 Å². The second-order valence-electron chi connectivity index (χ2n) is 7.15. The first-order valence-corrected chi connectivity index (χ1v) is 11.1. The molecule has 5 heteroatoms. The molecule has 27 heavy (non-hydrogen) atoms.